The van der Waals surface area contributed by atoms with Crippen LogP contribution in [-0.4, -0.2) is 94.2 Å². The molecule has 0 bridgehead atoms. The molecule has 0 unspecified atom stereocenters. The lowest BCUT2D eigenvalue weighted by Crippen LogP contribution is -2.42. The number of sulfonamides is 1. The summed E-state index contributed by atoms with van der Waals surface area (Å²) in [6.07, 6.45) is 6.63. The number of nitrogens with one attached hydrogen (secondary N) is 1. The summed E-state index contributed by atoms with van der Waals surface area (Å²) >= 11 is 0. The summed E-state index contributed by atoms with van der Waals surface area (Å²) in [6.45, 7) is 1.47. The van der Waals surface area contributed by atoms with Crippen LogP contribution in [0.5, 0.6) is 0 Å². The zero-order valence-electron chi connectivity index (χ0n) is 19.7. The van der Waals surface area contributed by atoms with Gasteiger partial charge in [0.15, 0.2) is 0 Å². The van der Waals surface area contributed by atoms with Crippen molar-refractivity contribution in [2.45, 2.75) is 31.8 Å². The van der Waals surface area contributed by atoms with E-state index in [1.54, 1.807) is 12.3 Å². The number of fused-ring (bicyclic) bond motifs is 1. The fraction of sp³-hybridized carbons (Fsp3) is 0.550. The molecule has 3 aromatic rings. The van der Waals surface area contributed by atoms with Crippen molar-refractivity contribution in [3.63, 3.8) is 0 Å². The summed E-state index contributed by atoms with van der Waals surface area (Å²) in [5, 5.41) is 7.56. The molecule has 4 heterocycles. The van der Waals surface area contributed by atoms with Crippen LogP contribution in [0.4, 0.5) is 5.95 Å². The SMILES string of the molecule is CS(=O)(=O)N1CCC(Nc2ncc3ccc(=O)n(CCOCCCS(=O)(=O)n4cncn4)c3n2)CC1. The monoisotopic (exact) mass is 540 g/mol. The van der Waals surface area contributed by atoms with Gasteiger partial charge in [0.2, 0.25) is 16.0 Å². The third-order valence-corrected chi connectivity index (χ3v) is 8.68. The third kappa shape index (κ3) is 6.43. The average Bonchev–Trinajstić information content (AvgIpc) is 3.38. The Morgan fingerprint density at radius 1 is 1.14 bits per heavy atom. The van der Waals surface area contributed by atoms with Crippen LogP contribution in [-0.2, 0) is 31.3 Å². The number of hydrogen-bond donors (Lipinski definition) is 1. The molecule has 0 atom stereocenters. The molecule has 1 saturated heterocycles. The Morgan fingerprint density at radius 3 is 2.61 bits per heavy atom. The molecular formula is C20H28N8O6S2. The first-order valence-electron chi connectivity index (χ1n) is 11.4. The fourth-order valence-corrected chi connectivity index (χ4v) is 5.83. The molecular weight excluding hydrogens is 512 g/mol. The molecule has 1 N–H and O–H groups in total. The molecule has 1 fully saturated rings. The molecule has 0 radical (unpaired) electrons. The average molecular weight is 541 g/mol. The maximum Gasteiger partial charge on any atom is 0.255 e. The van der Waals surface area contributed by atoms with E-state index in [2.05, 4.69) is 25.4 Å². The van der Waals surface area contributed by atoms with Crippen molar-refractivity contribution in [1.82, 2.24) is 33.0 Å². The van der Waals surface area contributed by atoms with Gasteiger partial charge in [0.05, 0.1) is 25.2 Å². The lowest BCUT2D eigenvalue weighted by atomic mass is 10.1. The largest absolute Gasteiger partial charge is 0.380 e. The van der Waals surface area contributed by atoms with E-state index in [1.807, 2.05) is 0 Å². The van der Waals surface area contributed by atoms with E-state index in [0.29, 0.717) is 42.9 Å². The molecule has 16 heteroatoms. The van der Waals surface area contributed by atoms with Crippen LogP contribution in [0.15, 0.2) is 35.8 Å². The highest BCUT2D eigenvalue weighted by Gasteiger charge is 2.25. The minimum Gasteiger partial charge on any atom is -0.380 e. The number of hydrogen-bond acceptors (Lipinski definition) is 11. The van der Waals surface area contributed by atoms with Crippen molar-refractivity contribution < 1.29 is 21.6 Å². The van der Waals surface area contributed by atoms with Crippen molar-refractivity contribution in [1.29, 1.82) is 0 Å². The van der Waals surface area contributed by atoms with Gasteiger partial charge in [-0.2, -0.15) is 4.98 Å². The standard InChI is InChI=1S/C20H28N8O6S2/c1-35(30,31)26-7-5-17(6-8-26)24-20-22-13-16-3-4-18(29)27(19(16)25-20)9-11-34-10-2-12-36(32,33)28-15-21-14-23-28/h3-4,13-15,17H,2,5-12H2,1H3,(H,22,24,25). The Labute approximate surface area is 208 Å². The number of pyridine rings is 1. The van der Waals surface area contributed by atoms with Gasteiger partial charge in [-0.1, -0.05) is 0 Å². The van der Waals surface area contributed by atoms with E-state index in [1.165, 1.54) is 21.2 Å². The Kier molecular flexibility index (Phi) is 7.97. The zero-order valence-corrected chi connectivity index (χ0v) is 21.4. The van der Waals surface area contributed by atoms with Crippen LogP contribution < -0.4 is 10.9 Å². The highest BCUT2D eigenvalue weighted by Crippen LogP contribution is 2.18. The number of rotatable bonds is 11. The molecule has 196 valence electrons. The first kappa shape index (κ1) is 26.1. The Balaban J connectivity index is 1.33. The predicted molar refractivity (Wildman–Crippen MR) is 132 cm³/mol. The van der Waals surface area contributed by atoms with Gasteiger partial charge in [-0.05, 0) is 25.3 Å². The normalized spacial score (nSPS) is 15.9. The van der Waals surface area contributed by atoms with Crippen LogP contribution in [0.3, 0.4) is 0 Å². The molecule has 0 aliphatic carbocycles. The van der Waals surface area contributed by atoms with Gasteiger partial charge in [0, 0.05) is 43.4 Å². The number of anilines is 1. The highest BCUT2D eigenvalue weighted by atomic mass is 32.2. The van der Waals surface area contributed by atoms with Crippen LogP contribution in [0.25, 0.3) is 11.0 Å². The fourth-order valence-electron chi connectivity index (χ4n) is 3.91. The van der Waals surface area contributed by atoms with Gasteiger partial charge >= 0.3 is 0 Å². The van der Waals surface area contributed by atoms with Gasteiger partial charge in [-0.3, -0.25) is 9.36 Å². The molecule has 3 aromatic heterocycles. The maximum absolute atomic E-state index is 12.5. The summed E-state index contributed by atoms with van der Waals surface area (Å²) in [7, 11) is -6.77. The number of piperidine rings is 1. The van der Waals surface area contributed by atoms with E-state index >= 15 is 0 Å². The number of aromatic nitrogens is 6. The summed E-state index contributed by atoms with van der Waals surface area (Å²) in [5.74, 6) is 0.217. The van der Waals surface area contributed by atoms with Crippen molar-refractivity contribution >= 4 is 37.0 Å². The van der Waals surface area contributed by atoms with E-state index in [-0.39, 0.29) is 43.5 Å². The quantitative estimate of drug-likeness (QED) is 0.311. The lowest BCUT2D eigenvalue weighted by Gasteiger charge is -2.30. The highest BCUT2D eigenvalue weighted by molar-refractivity contribution is 7.89. The van der Waals surface area contributed by atoms with E-state index in [4.69, 9.17) is 4.74 Å². The molecule has 0 amide bonds. The summed E-state index contributed by atoms with van der Waals surface area (Å²) in [4.78, 5) is 25.0. The van der Waals surface area contributed by atoms with Crippen molar-refractivity contribution in [2.75, 3.05) is 43.6 Å². The van der Waals surface area contributed by atoms with Gasteiger partial charge < -0.3 is 10.1 Å². The third-order valence-electron chi connectivity index (χ3n) is 5.81. The smallest absolute Gasteiger partial charge is 0.255 e. The Bertz CT molecular complexity index is 1450. The molecule has 14 nitrogen and oxygen atoms in total. The van der Waals surface area contributed by atoms with Gasteiger partial charge in [-0.25, -0.2) is 31.1 Å². The first-order chi connectivity index (χ1) is 17.1. The van der Waals surface area contributed by atoms with Crippen LogP contribution in [0.1, 0.15) is 19.3 Å². The molecule has 0 saturated carbocycles. The second kappa shape index (κ2) is 11.0. The minimum absolute atomic E-state index is 0.0152. The number of nitrogens with zero attached hydrogens (tertiary/aromatic N) is 7. The predicted octanol–water partition coefficient (Wildman–Crippen LogP) is -0.496. The van der Waals surface area contributed by atoms with Crippen LogP contribution >= 0.6 is 0 Å². The second-order valence-electron chi connectivity index (χ2n) is 8.43. The molecule has 36 heavy (non-hydrogen) atoms. The Hall–Kier alpha value is -2.95. The summed E-state index contributed by atoms with van der Waals surface area (Å²) < 4.78 is 56.9. The molecule has 0 spiro atoms. The summed E-state index contributed by atoms with van der Waals surface area (Å²) in [5.41, 5.74) is 0.205. The van der Waals surface area contributed by atoms with Crippen molar-refractivity contribution in [3.8, 4) is 0 Å². The molecule has 1 aliphatic rings. The zero-order chi connectivity index (χ0) is 25.8. The Morgan fingerprint density at radius 2 is 1.92 bits per heavy atom. The van der Waals surface area contributed by atoms with Crippen molar-refractivity contribution in [3.05, 3.63) is 41.3 Å². The van der Waals surface area contributed by atoms with E-state index in [9.17, 15) is 21.6 Å². The maximum atomic E-state index is 12.5. The van der Waals surface area contributed by atoms with E-state index < -0.39 is 20.0 Å². The number of ether oxygens (including phenoxy) is 1. The second-order valence-corrected chi connectivity index (χ2v) is 12.4. The molecule has 4 rings (SSSR count). The summed E-state index contributed by atoms with van der Waals surface area (Å²) in [6, 6.07) is 3.10. The van der Waals surface area contributed by atoms with Gasteiger partial charge in [0.1, 0.15) is 18.3 Å². The molecule has 1 aliphatic heterocycles. The molecule has 0 aromatic carbocycles. The first-order valence-corrected chi connectivity index (χ1v) is 14.8. The van der Waals surface area contributed by atoms with Gasteiger partial charge in [-0.15, -0.1) is 9.19 Å². The lowest BCUT2D eigenvalue weighted by molar-refractivity contribution is 0.127. The van der Waals surface area contributed by atoms with E-state index in [0.717, 1.165) is 16.7 Å². The van der Waals surface area contributed by atoms with Crippen molar-refractivity contribution in [2.24, 2.45) is 0 Å². The van der Waals surface area contributed by atoms with Gasteiger partial charge in [0.25, 0.3) is 15.6 Å². The van der Waals surface area contributed by atoms with Crippen LogP contribution in [0, 0.1) is 0 Å². The minimum atomic E-state index is -3.57. The topological polar surface area (TPSA) is 171 Å². The van der Waals surface area contributed by atoms with Crippen LogP contribution in [0.2, 0.25) is 0 Å².